The van der Waals surface area contributed by atoms with Crippen LogP contribution in [-0.4, -0.2) is 43.3 Å². The highest BCUT2D eigenvalue weighted by Crippen LogP contribution is 2.60. The maximum absolute atomic E-state index is 6.07. The molecular weight excluding hydrogens is 463 g/mol. The molecule has 0 aromatic carbocycles. The Morgan fingerprint density at radius 1 is 1.38 bits per heavy atom. The summed E-state index contributed by atoms with van der Waals surface area (Å²) in [6.45, 7) is 1.75. The molecule has 5 nitrogen and oxygen atoms in total. The summed E-state index contributed by atoms with van der Waals surface area (Å²) in [7, 11) is 1.85. The molecule has 1 saturated heterocycles. The van der Waals surface area contributed by atoms with Crippen LogP contribution in [0.3, 0.4) is 0 Å². The number of aromatic nitrogens is 1. The standard InChI is InChI=1S/C19H27ClN4O.HI/c1-21-18(22-10-6-13-4-5-15(20)23-12-13)24-16-14-7-11-25-17(14)19(16)8-2-3-9-19;/h4-5,12,14,16-17H,2-3,6-11H2,1H3,(H2,21,22,24);1H. The molecule has 0 bridgehead atoms. The van der Waals surface area contributed by atoms with Gasteiger partial charge in [0.25, 0.3) is 0 Å². The average molecular weight is 491 g/mol. The van der Waals surface area contributed by atoms with Gasteiger partial charge in [-0.1, -0.05) is 30.5 Å². The predicted molar refractivity (Wildman–Crippen MR) is 115 cm³/mol. The highest BCUT2D eigenvalue weighted by Gasteiger charge is 2.65. The number of hydrogen-bond donors (Lipinski definition) is 2. The van der Waals surface area contributed by atoms with Crippen molar-refractivity contribution < 1.29 is 4.74 Å². The van der Waals surface area contributed by atoms with Crippen LogP contribution in [0.4, 0.5) is 0 Å². The van der Waals surface area contributed by atoms with Gasteiger partial charge in [-0.25, -0.2) is 4.98 Å². The molecule has 1 aromatic heterocycles. The largest absolute Gasteiger partial charge is 0.377 e. The van der Waals surface area contributed by atoms with Crippen molar-refractivity contribution in [1.29, 1.82) is 0 Å². The van der Waals surface area contributed by atoms with E-state index in [1.54, 1.807) is 0 Å². The fourth-order valence-corrected chi connectivity index (χ4v) is 5.24. The van der Waals surface area contributed by atoms with E-state index in [-0.39, 0.29) is 24.0 Å². The fraction of sp³-hybridized carbons (Fsp3) is 0.684. The zero-order valence-electron chi connectivity index (χ0n) is 15.2. The summed E-state index contributed by atoms with van der Waals surface area (Å²) < 4.78 is 6.07. The van der Waals surface area contributed by atoms with Crippen molar-refractivity contribution in [3.63, 3.8) is 0 Å². The zero-order valence-corrected chi connectivity index (χ0v) is 18.3. The molecular formula is C19H28ClIN4O. The Labute approximate surface area is 177 Å². The van der Waals surface area contributed by atoms with E-state index in [1.807, 2.05) is 25.4 Å². The lowest BCUT2D eigenvalue weighted by molar-refractivity contribution is -0.125. The molecule has 1 aliphatic heterocycles. The Kier molecular flexibility index (Phi) is 6.67. The number of guanidine groups is 1. The Bertz CT molecular complexity index is 633. The van der Waals surface area contributed by atoms with E-state index >= 15 is 0 Å². The van der Waals surface area contributed by atoms with Crippen LogP contribution in [0.5, 0.6) is 0 Å². The number of rotatable bonds is 4. The Hall–Kier alpha value is -0.600. The van der Waals surface area contributed by atoms with Crippen LogP contribution in [0, 0.1) is 11.3 Å². The second kappa shape index (κ2) is 8.61. The van der Waals surface area contributed by atoms with Crippen LogP contribution in [-0.2, 0) is 11.2 Å². The summed E-state index contributed by atoms with van der Waals surface area (Å²) in [5, 5.41) is 7.72. The van der Waals surface area contributed by atoms with E-state index in [0.29, 0.717) is 28.6 Å². The Morgan fingerprint density at radius 3 is 2.88 bits per heavy atom. The van der Waals surface area contributed by atoms with Crippen LogP contribution >= 0.6 is 35.6 Å². The van der Waals surface area contributed by atoms with E-state index in [9.17, 15) is 0 Å². The van der Waals surface area contributed by atoms with Gasteiger partial charge in [0.15, 0.2) is 5.96 Å². The number of hydrogen-bond acceptors (Lipinski definition) is 3. The minimum Gasteiger partial charge on any atom is -0.377 e. The van der Waals surface area contributed by atoms with Gasteiger partial charge in [-0.2, -0.15) is 0 Å². The van der Waals surface area contributed by atoms with Crippen LogP contribution in [0.15, 0.2) is 23.3 Å². The predicted octanol–water partition coefficient (Wildman–Crippen LogP) is 3.41. The summed E-state index contributed by atoms with van der Waals surface area (Å²) in [4.78, 5) is 8.57. The maximum atomic E-state index is 6.07. The van der Waals surface area contributed by atoms with Crippen molar-refractivity contribution >= 4 is 41.5 Å². The third kappa shape index (κ3) is 3.69. The summed E-state index contributed by atoms with van der Waals surface area (Å²) in [5.41, 5.74) is 1.52. The quantitative estimate of drug-likeness (QED) is 0.294. The summed E-state index contributed by atoms with van der Waals surface area (Å²) in [6.07, 6.45) is 9.64. The van der Waals surface area contributed by atoms with Gasteiger partial charge in [-0.05, 0) is 37.3 Å². The van der Waals surface area contributed by atoms with Crippen LogP contribution in [0.2, 0.25) is 5.15 Å². The molecule has 1 aromatic rings. The van der Waals surface area contributed by atoms with E-state index in [1.165, 1.54) is 37.7 Å². The van der Waals surface area contributed by atoms with Crippen molar-refractivity contribution in [3.8, 4) is 0 Å². The first-order valence-electron chi connectivity index (χ1n) is 9.42. The van der Waals surface area contributed by atoms with E-state index in [2.05, 4.69) is 20.6 Å². The number of pyridine rings is 1. The minimum atomic E-state index is 0. The SMILES string of the molecule is CN=C(NCCc1ccc(Cl)nc1)NC1C2CCOC2C12CCCC2.I. The number of halogens is 2. The monoisotopic (exact) mass is 490 g/mol. The number of nitrogens with one attached hydrogen (secondary N) is 2. The molecule has 26 heavy (non-hydrogen) atoms. The Balaban J connectivity index is 0.00000196. The highest BCUT2D eigenvalue weighted by atomic mass is 127. The first-order chi connectivity index (χ1) is 12.2. The van der Waals surface area contributed by atoms with Crippen molar-refractivity contribution in [2.75, 3.05) is 20.2 Å². The van der Waals surface area contributed by atoms with Crippen molar-refractivity contribution in [2.24, 2.45) is 16.3 Å². The molecule has 2 heterocycles. The number of fused-ring (bicyclic) bond motifs is 2. The van der Waals surface area contributed by atoms with Gasteiger partial charge in [0.1, 0.15) is 5.15 Å². The molecule has 7 heteroatoms. The summed E-state index contributed by atoms with van der Waals surface area (Å²) in [5.74, 6) is 1.56. The molecule has 144 valence electrons. The van der Waals surface area contributed by atoms with Crippen LogP contribution < -0.4 is 10.6 Å². The Morgan fingerprint density at radius 2 is 2.19 bits per heavy atom. The number of aliphatic imine (C=N–C) groups is 1. The first kappa shape index (κ1) is 20.1. The second-order valence-electron chi connectivity index (χ2n) is 7.54. The molecule has 3 unspecified atom stereocenters. The van der Waals surface area contributed by atoms with Crippen LogP contribution in [0.25, 0.3) is 0 Å². The molecule has 1 spiro atoms. The normalized spacial score (nSPS) is 29.0. The average Bonchev–Trinajstić information content (AvgIpc) is 3.28. The minimum absolute atomic E-state index is 0. The second-order valence-corrected chi connectivity index (χ2v) is 7.93. The van der Waals surface area contributed by atoms with Gasteiger partial charge in [-0.3, -0.25) is 4.99 Å². The molecule has 3 aliphatic rings. The molecule has 2 N–H and O–H groups in total. The highest BCUT2D eigenvalue weighted by molar-refractivity contribution is 14.0. The van der Waals surface area contributed by atoms with Crippen molar-refractivity contribution in [1.82, 2.24) is 15.6 Å². The van der Waals surface area contributed by atoms with Gasteiger partial charge in [0.05, 0.1) is 6.10 Å². The molecule has 0 amide bonds. The molecule has 3 fully saturated rings. The maximum Gasteiger partial charge on any atom is 0.191 e. The third-order valence-corrected chi connectivity index (χ3v) is 6.52. The van der Waals surface area contributed by atoms with Gasteiger partial charge in [0.2, 0.25) is 0 Å². The topological polar surface area (TPSA) is 58.5 Å². The fourth-order valence-electron chi connectivity index (χ4n) is 5.13. The summed E-state index contributed by atoms with van der Waals surface area (Å²) >= 11 is 5.84. The third-order valence-electron chi connectivity index (χ3n) is 6.30. The smallest absolute Gasteiger partial charge is 0.191 e. The molecule has 2 aliphatic carbocycles. The van der Waals surface area contributed by atoms with Gasteiger partial charge >= 0.3 is 0 Å². The first-order valence-corrected chi connectivity index (χ1v) is 9.80. The van der Waals surface area contributed by atoms with E-state index in [4.69, 9.17) is 16.3 Å². The lowest BCUT2D eigenvalue weighted by Crippen LogP contribution is -2.69. The lowest BCUT2D eigenvalue weighted by atomic mass is 9.54. The summed E-state index contributed by atoms with van der Waals surface area (Å²) in [6, 6.07) is 4.36. The van der Waals surface area contributed by atoms with Gasteiger partial charge in [-0.15, -0.1) is 24.0 Å². The van der Waals surface area contributed by atoms with E-state index in [0.717, 1.165) is 25.5 Å². The molecule has 4 rings (SSSR count). The lowest BCUT2D eigenvalue weighted by Gasteiger charge is -2.57. The molecule has 3 atom stereocenters. The van der Waals surface area contributed by atoms with E-state index < -0.39 is 0 Å². The van der Waals surface area contributed by atoms with Gasteiger partial charge < -0.3 is 15.4 Å². The number of nitrogens with zero attached hydrogens (tertiary/aromatic N) is 2. The van der Waals surface area contributed by atoms with Crippen molar-refractivity contribution in [2.45, 2.75) is 50.7 Å². The van der Waals surface area contributed by atoms with Crippen molar-refractivity contribution in [3.05, 3.63) is 29.0 Å². The zero-order chi connectivity index (χ0) is 17.3. The molecule has 2 saturated carbocycles. The van der Waals surface area contributed by atoms with Crippen LogP contribution in [0.1, 0.15) is 37.7 Å². The number of ether oxygens (including phenoxy) is 1. The van der Waals surface area contributed by atoms with Gasteiger partial charge in [0, 0.05) is 43.8 Å². The molecule has 0 radical (unpaired) electrons.